The van der Waals surface area contributed by atoms with Crippen molar-refractivity contribution in [2.45, 2.75) is 26.8 Å². The number of aryl methyl sites for hydroxylation is 2. The maximum absolute atomic E-state index is 12.3. The summed E-state index contributed by atoms with van der Waals surface area (Å²) in [6.07, 6.45) is 0.952. The molecule has 0 aliphatic rings. The summed E-state index contributed by atoms with van der Waals surface area (Å²) in [7, 11) is -3.47. The summed E-state index contributed by atoms with van der Waals surface area (Å²) in [5, 5.41) is 1.40. The minimum absolute atomic E-state index is 0.0906. The number of hydrogen-bond donors (Lipinski definition) is 1. The highest BCUT2D eigenvalue weighted by Crippen LogP contribution is 2.32. The summed E-state index contributed by atoms with van der Waals surface area (Å²) in [6.45, 7) is 4.23. The summed E-state index contributed by atoms with van der Waals surface area (Å²) in [4.78, 5) is 5.39. The molecule has 3 aromatic rings. The molecule has 0 saturated heterocycles. The van der Waals surface area contributed by atoms with E-state index >= 15 is 0 Å². The second-order valence-corrected chi connectivity index (χ2v) is 9.91. The highest BCUT2D eigenvalue weighted by molar-refractivity contribution is 7.89. The van der Waals surface area contributed by atoms with Crippen molar-refractivity contribution in [1.29, 1.82) is 0 Å². The Morgan fingerprint density at radius 3 is 2.55 bits per heavy atom. The van der Waals surface area contributed by atoms with Crippen LogP contribution < -0.4 is 9.46 Å². The fourth-order valence-electron chi connectivity index (χ4n) is 2.68. The van der Waals surface area contributed by atoms with Gasteiger partial charge in [0.2, 0.25) is 10.0 Å². The van der Waals surface area contributed by atoms with Crippen LogP contribution in [0.15, 0.2) is 48.5 Å². The molecular weight excluding hydrogens is 428 g/mol. The third-order valence-electron chi connectivity index (χ3n) is 4.40. The van der Waals surface area contributed by atoms with Gasteiger partial charge in [-0.05, 0) is 37.1 Å². The second-order valence-electron chi connectivity index (χ2n) is 6.49. The van der Waals surface area contributed by atoms with E-state index in [1.54, 1.807) is 0 Å². The number of sulfonamides is 1. The Kier molecular flexibility index (Phi) is 7.29. The molecule has 29 heavy (non-hydrogen) atoms. The van der Waals surface area contributed by atoms with Crippen molar-refractivity contribution >= 4 is 33.0 Å². The van der Waals surface area contributed by atoms with Crippen LogP contribution in [0, 0.1) is 6.92 Å². The van der Waals surface area contributed by atoms with Crippen molar-refractivity contribution in [3.8, 4) is 16.3 Å². The van der Waals surface area contributed by atoms with E-state index in [1.165, 1.54) is 16.9 Å². The van der Waals surface area contributed by atoms with E-state index in [2.05, 4.69) is 16.6 Å². The topological polar surface area (TPSA) is 68.3 Å². The quantitative estimate of drug-likeness (QED) is 0.506. The lowest BCUT2D eigenvalue weighted by Gasteiger charge is -2.08. The van der Waals surface area contributed by atoms with E-state index in [4.69, 9.17) is 16.3 Å². The third-order valence-corrected chi connectivity index (χ3v) is 7.21. The van der Waals surface area contributed by atoms with Crippen LogP contribution in [0.1, 0.15) is 23.1 Å². The van der Waals surface area contributed by atoms with Gasteiger partial charge in [0.1, 0.15) is 17.4 Å². The van der Waals surface area contributed by atoms with Crippen LogP contribution in [-0.2, 0) is 23.0 Å². The summed E-state index contributed by atoms with van der Waals surface area (Å²) in [5.74, 6) is 0.553. The number of benzene rings is 2. The number of ether oxygens (including phenoxy) is 1. The van der Waals surface area contributed by atoms with Gasteiger partial charge in [-0.3, -0.25) is 0 Å². The lowest BCUT2D eigenvalue weighted by Crippen LogP contribution is -2.28. The highest BCUT2D eigenvalue weighted by Gasteiger charge is 2.15. The molecule has 0 bridgehead atoms. The lowest BCUT2D eigenvalue weighted by atomic mass is 10.2. The zero-order valence-corrected chi connectivity index (χ0v) is 18.7. The van der Waals surface area contributed by atoms with E-state index in [0.717, 1.165) is 27.6 Å². The Bertz CT molecular complexity index is 1060. The zero-order valence-electron chi connectivity index (χ0n) is 16.3. The molecule has 1 N–H and O–H groups in total. The number of hydrogen-bond acceptors (Lipinski definition) is 5. The predicted octanol–water partition coefficient (Wildman–Crippen LogP) is 4.83. The van der Waals surface area contributed by atoms with Gasteiger partial charge in [-0.25, -0.2) is 18.1 Å². The van der Waals surface area contributed by atoms with Crippen molar-refractivity contribution in [3.63, 3.8) is 0 Å². The average Bonchev–Trinajstić information content (AvgIpc) is 3.08. The van der Waals surface area contributed by atoms with Crippen LogP contribution in [0.3, 0.4) is 0 Å². The van der Waals surface area contributed by atoms with Gasteiger partial charge in [-0.2, -0.15) is 0 Å². The van der Waals surface area contributed by atoms with Gasteiger partial charge in [0.25, 0.3) is 0 Å². The molecule has 154 valence electrons. The smallest absolute Gasteiger partial charge is 0.215 e. The molecule has 1 aromatic heterocycles. The van der Waals surface area contributed by atoms with E-state index < -0.39 is 10.0 Å². The van der Waals surface area contributed by atoms with Crippen molar-refractivity contribution < 1.29 is 13.2 Å². The fourth-order valence-corrected chi connectivity index (χ4v) is 4.91. The molecule has 0 spiro atoms. The predicted molar refractivity (Wildman–Crippen MR) is 119 cm³/mol. The van der Waals surface area contributed by atoms with Crippen LogP contribution in [-0.4, -0.2) is 25.8 Å². The molecule has 0 aliphatic carbocycles. The summed E-state index contributed by atoms with van der Waals surface area (Å²) in [5.41, 5.74) is 2.85. The van der Waals surface area contributed by atoms with Crippen LogP contribution in [0.4, 0.5) is 0 Å². The number of nitrogens with one attached hydrogen (secondary N) is 1. The fraction of sp³-hybridized carbons (Fsp3) is 0.286. The molecule has 3 rings (SSSR count). The van der Waals surface area contributed by atoms with Crippen molar-refractivity contribution in [3.05, 3.63) is 69.7 Å². The van der Waals surface area contributed by atoms with Crippen LogP contribution in [0.5, 0.6) is 5.75 Å². The van der Waals surface area contributed by atoms with Gasteiger partial charge in [0.05, 0.1) is 16.5 Å². The third kappa shape index (κ3) is 6.02. The molecule has 0 radical (unpaired) electrons. The zero-order chi connectivity index (χ0) is 20.9. The molecule has 5 nitrogen and oxygen atoms in total. The number of thiazole rings is 1. The molecule has 0 unspecified atom stereocenters. The van der Waals surface area contributed by atoms with Crippen LogP contribution >= 0.6 is 22.9 Å². The number of halogens is 1. The van der Waals surface area contributed by atoms with E-state index in [1.807, 2.05) is 55.5 Å². The van der Waals surface area contributed by atoms with Crippen LogP contribution in [0.25, 0.3) is 10.6 Å². The normalized spacial score (nSPS) is 11.6. The molecule has 0 atom stereocenters. The minimum atomic E-state index is -3.47. The Hall–Kier alpha value is -1.93. The summed E-state index contributed by atoms with van der Waals surface area (Å²) >= 11 is 7.67. The average molecular weight is 451 g/mol. The Morgan fingerprint density at radius 1 is 1.14 bits per heavy atom. The van der Waals surface area contributed by atoms with E-state index in [0.29, 0.717) is 10.8 Å². The largest absolute Gasteiger partial charge is 0.492 e. The number of rotatable bonds is 9. The number of nitrogens with zero attached hydrogens (tertiary/aromatic N) is 1. The van der Waals surface area contributed by atoms with E-state index in [9.17, 15) is 8.42 Å². The van der Waals surface area contributed by atoms with Crippen molar-refractivity contribution in [1.82, 2.24) is 9.71 Å². The first-order chi connectivity index (χ1) is 13.9. The first-order valence-corrected chi connectivity index (χ1v) is 12.1. The minimum Gasteiger partial charge on any atom is -0.492 e. The highest BCUT2D eigenvalue weighted by atomic mass is 35.5. The second kappa shape index (κ2) is 9.71. The molecule has 8 heteroatoms. The Balaban J connectivity index is 1.55. The number of aromatic nitrogens is 1. The molecule has 0 amide bonds. The lowest BCUT2D eigenvalue weighted by molar-refractivity contribution is 0.340. The van der Waals surface area contributed by atoms with Crippen molar-refractivity contribution in [2.24, 2.45) is 0 Å². The molecular formula is C21H23ClN2O3S2. The maximum atomic E-state index is 12.3. The Morgan fingerprint density at radius 2 is 1.86 bits per heavy atom. The van der Waals surface area contributed by atoms with Gasteiger partial charge in [-0.1, -0.05) is 48.9 Å². The summed E-state index contributed by atoms with van der Waals surface area (Å²) in [6, 6.07) is 15.1. The molecule has 0 saturated carbocycles. The van der Waals surface area contributed by atoms with Gasteiger partial charge < -0.3 is 4.74 Å². The molecule has 0 fully saturated rings. The van der Waals surface area contributed by atoms with Gasteiger partial charge in [0.15, 0.2) is 0 Å². The first-order valence-electron chi connectivity index (χ1n) is 9.28. The van der Waals surface area contributed by atoms with Gasteiger partial charge in [0, 0.05) is 17.0 Å². The molecule has 0 aliphatic heterocycles. The SMILES string of the molecule is CCc1ccc(OCCS(=O)(=O)NCc2sc(-c3ccccc3Cl)nc2C)cc1. The van der Waals surface area contributed by atoms with Crippen LogP contribution in [0.2, 0.25) is 5.02 Å². The standard InChI is InChI=1S/C21H23ClN2O3S2/c1-3-16-8-10-17(11-9-16)27-12-13-29(25,26)23-14-20-15(2)24-21(28-20)18-6-4-5-7-19(18)22/h4-11,23H,3,12-14H2,1-2H3. The monoisotopic (exact) mass is 450 g/mol. The summed E-state index contributed by atoms with van der Waals surface area (Å²) < 4.78 is 32.8. The first kappa shape index (κ1) is 21.8. The molecule has 1 heterocycles. The molecule has 2 aromatic carbocycles. The maximum Gasteiger partial charge on any atom is 0.215 e. The Labute approximate surface area is 180 Å². The van der Waals surface area contributed by atoms with Gasteiger partial charge in [-0.15, -0.1) is 11.3 Å². The van der Waals surface area contributed by atoms with E-state index in [-0.39, 0.29) is 18.9 Å². The van der Waals surface area contributed by atoms with Crippen molar-refractivity contribution in [2.75, 3.05) is 12.4 Å². The van der Waals surface area contributed by atoms with Gasteiger partial charge >= 0.3 is 0 Å².